The first kappa shape index (κ1) is 15.0. The summed E-state index contributed by atoms with van der Waals surface area (Å²) in [4.78, 5) is 20.1. The Bertz CT molecular complexity index is 581. The Kier molecular flexibility index (Phi) is 4.44. The molecule has 1 aromatic heterocycles. The zero-order valence-corrected chi connectivity index (χ0v) is 12.5. The predicted octanol–water partition coefficient (Wildman–Crippen LogP) is 0.119. The molecule has 0 spiro atoms. The van der Waals surface area contributed by atoms with E-state index in [1.807, 2.05) is 13.8 Å². The highest BCUT2D eigenvalue weighted by Crippen LogP contribution is 2.17. The number of sulfonamides is 1. The van der Waals surface area contributed by atoms with Crippen LogP contribution in [0.1, 0.15) is 26.1 Å². The summed E-state index contributed by atoms with van der Waals surface area (Å²) >= 11 is 0. The second-order valence-corrected chi connectivity index (χ2v) is 6.64. The summed E-state index contributed by atoms with van der Waals surface area (Å²) in [6.45, 7) is 5.36. The summed E-state index contributed by atoms with van der Waals surface area (Å²) in [5.41, 5.74) is 0. The number of likely N-dealkylation sites (tertiary alicyclic amines) is 1. The third-order valence-electron chi connectivity index (χ3n) is 3.47. The first-order valence-corrected chi connectivity index (χ1v) is 8.26. The van der Waals surface area contributed by atoms with Crippen LogP contribution >= 0.6 is 0 Å². The van der Waals surface area contributed by atoms with Crippen LogP contribution in [0.3, 0.4) is 0 Å². The second-order valence-electron chi connectivity index (χ2n) is 4.90. The average molecular weight is 300 g/mol. The Labute approximate surface area is 118 Å². The summed E-state index contributed by atoms with van der Waals surface area (Å²) in [5.74, 6) is 0.760. The fourth-order valence-corrected chi connectivity index (χ4v) is 3.32. The summed E-state index contributed by atoms with van der Waals surface area (Å²) in [6.07, 6.45) is 2.37. The molecule has 1 aromatic rings. The first-order chi connectivity index (χ1) is 9.46. The lowest BCUT2D eigenvalue weighted by Crippen LogP contribution is -2.31. The van der Waals surface area contributed by atoms with Crippen molar-refractivity contribution < 1.29 is 13.2 Å². The van der Waals surface area contributed by atoms with E-state index in [2.05, 4.69) is 14.7 Å². The van der Waals surface area contributed by atoms with E-state index >= 15 is 0 Å². The van der Waals surface area contributed by atoms with E-state index in [1.165, 1.54) is 6.20 Å². The monoisotopic (exact) mass is 300 g/mol. The van der Waals surface area contributed by atoms with Crippen molar-refractivity contribution in [1.82, 2.24) is 19.6 Å². The maximum Gasteiger partial charge on any atom is 0.257 e. The number of aromatic nitrogens is 2. The standard InChI is InChI=1S/C12H20N4O3S/c1-3-10-13-7-11(15-10)20(18,19)14-6-9-5-12(17)16(4-2)8-9/h7,9,14H,3-6,8H2,1-2H3,(H,13,15). The van der Waals surface area contributed by atoms with Gasteiger partial charge in [0, 0.05) is 32.5 Å². The molecule has 7 nitrogen and oxygen atoms in total. The van der Waals surface area contributed by atoms with Crippen molar-refractivity contribution in [3.05, 3.63) is 12.0 Å². The van der Waals surface area contributed by atoms with Gasteiger partial charge in [-0.2, -0.15) is 0 Å². The fourth-order valence-electron chi connectivity index (χ4n) is 2.26. The topological polar surface area (TPSA) is 95.2 Å². The van der Waals surface area contributed by atoms with Gasteiger partial charge >= 0.3 is 0 Å². The number of nitrogens with one attached hydrogen (secondary N) is 2. The molecule has 0 saturated carbocycles. The molecule has 2 N–H and O–H groups in total. The molecular weight excluding hydrogens is 280 g/mol. The number of imidazole rings is 1. The van der Waals surface area contributed by atoms with Crippen molar-refractivity contribution in [1.29, 1.82) is 0 Å². The maximum absolute atomic E-state index is 12.1. The molecule has 1 aliphatic heterocycles. The third kappa shape index (κ3) is 3.18. The van der Waals surface area contributed by atoms with Crippen molar-refractivity contribution in [2.75, 3.05) is 19.6 Å². The largest absolute Gasteiger partial charge is 0.343 e. The minimum Gasteiger partial charge on any atom is -0.343 e. The number of rotatable bonds is 6. The SMILES string of the molecule is CCc1ncc(S(=O)(=O)NCC2CC(=O)N(CC)C2)[nH]1. The van der Waals surface area contributed by atoms with Crippen molar-refractivity contribution in [2.45, 2.75) is 31.7 Å². The molecule has 1 unspecified atom stereocenters. The smallest absolute Gasteiger partial charge is 0.257 e. The quantitative estimate of drug-likeness (QED) is 0.780. The van der Waals surface area contributed by atoms with Crippen LogP contribution in [-0.4, -0.2) is 48.8 Å². The van der Waals surface area contributed by atoms with E-state index in [9.17, 15) is 13.2 Å². The number of aryl methyl sites for hydroxylation is 1. The van der Waals surface area contributed by atoms with Gasteiger partial charge < -0.3 is 9.88 Å². The van der Waals surface area contributed by atoms with Crippen LogP contribution in [-0.2, 0) is 21.2 Å². The van der Waals surface area contributed by atoms with E-state index in [-0.39, 0.29) is 23.4 Å². The maximum atomic E-state index is 12.1. The number of H-pyrrole nitrogens is 1. The highest BCUT2D eigenvalue weighted by atomic mass is 32.2. The second kappa shape index (κ2) is 5.92. The minimum atomic E-state index is -3.58. The van der Waals surface area contributed by atoms with Gasteiger partial charge in [0.1, 0.15) is 5.82 Å². The number of carbonyl (C=O) groups is 1. The Balaban J connectivity index is 1.95. The van der Waals surface area contributed by atoms with Gasteiger partial charge in [0.2, 0.25) is 5.91 Å². The highest BCUT2D eigenvalue weighted by Gasteiger charge is 2.29. The molecule has 1 saturated heterocycles. The molecule has 0 radical (unpaired) electrons. The Hall–Kier alpha value is -1.41. The number of hydrogen-bond acceptors (Lipinski definition) is 4. The van der Waals surface area contributed by atoms with Crippen LogP contribution in [0.4, 0.5) is 0 Å². The van der Waals surface area contributed by atoms with Crippen LogP contribution in [0.15, 0.2) is 11.2 Å². The molecule has 1 fully saturated rings. The Morgan fingerprint density at radius 2 is 2.25 bits per heavy atom. The van der Waals surface area contributed by atoms with Crippen LogP contribution in [0, 0.1) is 5.92 Å². The summed E-state index contributed by atoms with van der Waals surface area (Å²) in [5, 5.41) is 0.0750. The van der Waals surface area contributed by atoms with Crippen molar-refractivity contribution >= 4 is 15.9 Å². The van der Waals surface area contributed by atoms with Crippen LogP contribution in [0.2, 0.25) is 0 Å². The summed E-state index contributed by atoms with van der Waals surface area (Å²) in [6, 6.07) is 0. The lowest BCUT2D eigenvalue weighted by atomic mass is 10.1. The Morgan fingerprint density at radius 1 is 1.50 bits per heavy atom. The average Bonchev–Trinajstić information content (AvgIpc) is 3.03. The number of hydrogen-bond donors (Lipinski definition) is 2. The molecule has 8 heteroatoms. The zero-order chi connectivity index (χ0) is 14.8. The van der Waals surface area contributed by atoms with Gasteiger partial charge in [-0.05, 0) is 12.8 Å². The van der Waals surface area contributed by atoms with E-state index in [4.69, 9.17) is 0 Å². The van der Waals surface area contributed by atoms with Gasteiger partial charge in [0.05, 0.1) is 6.20 Å². The summed E-state index contributed by atoms with van der Waals surface area (Å²) < 4.78 is 26.7. The lowest BCUT2D eigenvalue weighted by Gasteiger charge is -2.13. The number of carbonyl (C=O) groups excluding carboxylic acids is 1. The van der Waals surface area contributed by atoms with E-state index in [1.54, 1.807) is 4.90 Å². The van der Waals surface area contributed by atoms with E-state index in [0.29, 0.717) is 31.8 Å². The molecule has 20 heavy (non-hydrogen) atoms. The first-order valence-electron chi connectivity index (χ1n) is 6.77. The van der Waals surface area contributed by atoms with Gasteiger partial charge in [0.15, 0.2) is 5.03 Å². The van der Waals surface area contributed by atoms with Gasteiger partial charge in [-0.15, -0.1) is 0 Å². The molecule has 2 rings (SSSR count). The molecule has 1 atom stereocenters. The van der Waals surface area contributed by atoms with Gasteiger partial charge in [-0.1, -0.05) is 6.92 Å². The van der Waals surface area contributed by atoms with E-state index < -0.39 is 10.0 Å². The lowest BCUT2D eigenvalue weighted by molar-refractivity contribution is -0.127. The fraction of sp³-hybridized carbons (Fsp3) is 0.667. The number of nitrogens with zero attached hydrogens (tertiary/aromatic N) is 2. The molecule has 0 aliphatic carbocycles. The minimum absolute atomic E-state index is 0.0331. The Morgan fingerprint density at radius 3 is 2.80 bits per heavy atom. The third-order valence-corrected chi connectivity index (χ3v) is 4.80. The van der Waals surface area contributed by atoms with Crippen LogP contribution in [0.5, 0.6) is 0 Å². The van der Waals surface area contributed by atoms with Crippen molar-refractivity contribution in [2.24, 2.45) is 5.92 Å². The van der Waals surface area contributed by atoms with Crippen LogP contribution < -0.4 is 4.72 Å². The van der Waals surface area contributed by atoms with Crippen molar-refractivity contribution in [3.63, 3.8) is 0 Å². The summed E-state index contributed by atoms with van der Waals surface area (Å²) in [7, 11) is -3.58. The zero-order valence-electron chi connectivity index (χ0n) is 11.7. The number of aromatic amines is 1. The molecule has 1 amide bonds. The molecular formula is C12H20N4O3S. The van der Waals surface area contributed by atoms with Crippen LogP contribution in [0.25, 0.3) is 0 Å². The normalized spacial score (nSPS) is 19.8. The molecule has 0 aromatic carbocycles. The molecule has 1 aliphatic rings. The van der Waals surface area contributed by atoms with Gasteiger partial charge in [-0.3, -0.25) is 4.79 Å². The molecule has 112 valence electrons. The molecule has 2 heterocycles. The van der Waals surface area contributed by atoms with E-state index in [0.717, 1.165) is 0 Å². The van der Waals surface area contributed by atoms with Crippen molar-refractivity contribution in [3.8, 4) is 0 Å². The highest BCUT2D eigenvalue weighted by molar-refractivity contribution is 7.89. The molecule has 0 bridgehead atoms. The van der Waals surface area contributed by atoms with Gasteiger partial charge in [-0.25, -0.2) is 18.1 Å². The predicted molar refractivity (Wildman–Crippen MR) is 73.5 cm³/mol. The van der Waals surface area contributed by atoms with Gasteiger partial charge in [0.25, 0.3) is 10.0 Å². The number of amides is 1.